The number of aliphatic hydroxyl groups is 1. The van der Waals surface area contributed by atoms with Crippen molar-refractivity contribution >= 4 is 16.9 Å². The number of aromatic nitrogens is 2. The smallest absolute Gasteiger partial charge is 0.329 e. The summed E-state index contributed by atoms with van der Waals surface area (Å²) in [4.78, 5) is 25.5. The summed E-state index contributed by atoms with van der Waals surface area (Å²) < 4.78 is 9.43. The minimum Gasteiger partial charge on any atom is -0.375 e. The van der Waals surface area contributed by atoms with E-state index in [9.17, 15) is 14.7 Å². The number of hydrogen-bond donors (Lipinski definition) is 3. The number of amides is 1. The van der Waals surface area contributed by atoms with Crippen LogP contribution in [-0.2, 0) is 23.0 Å². The monoisotopic (exact) mass is 416 g/mol. The number of carbonyl (C=O) groups excluding carboxylic acids is 1. The van der Waals surface area contributed by atoms with Crippen LogP contribution in [-0.4, -0.2) is 51.7 Å². The number of para-hydroxylation sites is 1. The van der Waals surface area contributed by atoms with Crippen LogP contribution in [0.2, 0.25) is 0 Å². The van der Waals surface area contributed by atoms with Crippen LogP contribution in [0.5, 0.6) is 0 Å². The van der Waals surface area contributed by atoms with Crippen molar-refractivity contribution in [3.05, 3.63) is 34.2 Å². The zero-order chi connectivity index (χ0) is 21.3. The third-order valence-corrected chi connectivity index (χ3v) is 6.35. The van der Waals surface area contributed by atoms with Crippen molar-refractivity contribution in [1.82, 2.24) is 19.8 Å². The quantitative estimate of drug-likeness (QED) is 0.657. The molecular weight excluding hydrogens is 384 g/mol. The molecule has 30 heavy (non-hydrogen) atoms. The summed E-state index contributed by atoms with van der Waals surface area (Å²) in [7, 11) is 1.76. The maximum atomic E-state index is 13.0. The molecule has 2 aliphatic rings. The van der Waals surface area contributed by atoms with Gasteiger partial charge in [-0.25, -0.2) is 4.79 Å². The minimum atomic E-state index is -0.837. The summed E-state index contributed by atoms with van der Waals surface area (Å²) in [6.45, 7) is 4.14. The molecule has 1 amide bonds. The normalized spacial score (nSPS) is 24.2. The predicted molar refractivity (Wildman–Crippen MR) is 114 cm³/mol. The van der Waals surface area contributed by atoms with Gasteiger partial charge >= 0.3 is 5.69 Å². The second-order valence-electron chi connectivity index (χ2n) is 8.55. The van der Waals surface area contributed by atoms with E-state index in [4.69, 9.17) is 4.74 Å². The molecular formula is C22H32N4O4. The summed E-state index contributed by atoms with van der Waals surface area (Å²) in [5.74, 6) is -0.308. The first-order valence-electron chi connectivity index (χ1n) is 11.0. The largest absolute Gasteiger partial charge is 0.375 e. The zero-order valence-corrected chi connectivity index (χ0v) is 17.8. The van der Waals surface area contributed by atoms with Crippen molar-refractivity contribution < 1.29 is 14.6 Å². The summed E-state index contributed by atoms with van der Waals surface area (Å²) in [5, 5.41) is 15.6. The predicted octanol–water partition coefficient (Wildman–Crippen LogP) is 1.20. The van der Waals surface area contributed by atoms with E-state index in [0.29, 0.717) is 18.9 Å². The summed E-state index contributed by atoms with van der Waals surface area (Å²) in [6.07, 6.45) is 4.29. The van der Waals surface area contributed by atoms with Crippen LogP contribution in [0.3, 0.4) is 0 Å². The number of fused-ring (bicyclic) bond motifs is 1. The molecule has 1 aromatic carbocycles. The Morgan fingerprint density at radius 1 is 1.20 bits per heavy atom. The highest BCUT2D eigenvalue weighted by Crippen LogP contribution is 2.26. The molecule has 0 saturated carbocycles. The van der Waals surface area contributed by atoms with Gasteiger partial charge in [-0.2, -0.15) is 0 Å². The molecule has 8 heteroatoms. The van der Waals surface area contributed by atoms with Crippen molar-refractivity contribution in [2.45, 2.75) is 69.9 Å². The molecule has 0 aliphatic carbocycles. The Bertz CT molecular complexity index is 960. The van der Waals surface area contributed by atoms with Gasteiger partial charge in [-0.15, -0.1) is 0 Å². The maximum Gasteiger partial charge on any atom is 0.329 e. The van der Waals surface area contributed by atoms with E-state index in [1.165, 1.54) is 0 Å². The fourth-order valence-corrected chi connectivity index (χ4v) is 4.74. The molecule has 4 rings (SSSR count). The van der Waals surface area contributed by atoms with Crippen molar-refractivity contribution in [3.63, 3.8) is 0 Å². The molecule has 3 N–H and O–H groups in total. The number of nitrogens with one attached hydrogen (secondary N) is 2. The number of imidazole rings is 1. The lowest BCUT2D eigenvalue weighted by Crippen LogP contribution is -2.46. The van der Waals surface area contributed by atoms with Gasteiger partial charge in [0.25, 0.3) is 0 Å². The number of nitrogens with zero attached hydrogens (tertiary/aromatic N) is 2. The topological polar surface area (TPSA) is 97.5 Å². The van der Waals surface area contributed by atoms with E-state index in [0.717, 1.165) is 55.4 Å². The van der Waals surface area contributed by atoms with Crippen LogP contribution in [0.1, 0.15) is 50.6 Å². The van der Waals surface area contributed by atoms with Gasteiger partial charge in [0.1, 0.15) is 12.3 Å². The Morgan fingerprint density at radius 2 is 1.97 bits per heavy atom. The van der Waals surface area contributed by atoms with Crippen LogP contribution in [0.25, 0.3) is 11.0 Å². The first kappa shape index (κ1) is 21.1. The molecule has 0 spiro atoms. The van der Waals surface area contributed by atoms with E-state index in [2.05, 4.69) is 17.6 Å². The first-order chi connectivity index (χ1) is 14.5. The first-order valence-corrected chi connectivity index (χ1v) is 11.0. The molecule has 2 fully saturated rings. The number of hydrogen-bond acceptors (Lipinski definition) is 5. The fourth-order valence-electron chi connectivity index (χ4n) is 4.74. The molecule has 0 radical (unpaired) electrons. The van der Waals surface area contributed by atoms with Gasteiger partial charge in [0.15, 0.2) is 0 Å². The highest BCUT2D eigenvalue weighted by Gasteiger charge is 2.31. The number of benzene rings is 1. The standard InChI is InChI=1S/C22H32N4O4/c1-14(30-16-10-12-23-13-11-16)6-7-15-4-3-5-17-20(15)25(2)22(29)26(17)18-8-9-19(27)24-21(18)28/h3-5,14,16,18-19,23,27H,6-13H2,1-2H3,(H,24,28)/t14-,18?,19?/m1/s1. The number of carbonyl (C=O) groups is 1. The van der Waals surface area contributed by atoms with Crippen LogP contribution in [0.4, 0.5) is 0 Å². The minimum absolute atomic E-state index is 0.146. The Labute approximate surface area is 176 Å². The highest BCUT2D eigenvalue weighted by atomic mass is 16.5. The molecule has 3 atom stereocenters. The van der Waals surface area contributed by atoms with E-state index in [-0.39, 0.29) is 17.7 Å². The molecule has 3 heterocycles. The molecule has 2 unspecified atom stereocenters. The van der Waals surface area contributed by atoms with Gasteiger partial charge in [-0.3, -0.25) is 13.9 Å². The fraction of sp³-hybridized carbons (Fsp3) is 0.636. The average Bonchev–Trinajstić information content (AvgIpc) is 2.98. The molecule has 2 aromatic rings. The second kappa shape index (κ2) is 8.91. The van der Waals surface area contributed by atoms with Gasteiger partial charge in [0.2, 0.25) is 5.91 Å². The highest BCUT2D eigenvalue weighted by molar-refractivity contribution is 5.86. The van der Waals surface area contributed by atoms with Crippen molar-refractivity contribution in [3.8, 4) is 0 Å². The Hall–Kier alpha value is -2.16. The van der Waals surface area contributed by atoms with E-state index in [1.807, 2.05) is 18.2 Å². The van der Waals surface area contributed by atoms with Crippen LogP contribution < -0.4 is 16.3 Å². The number of aliphatic hydroxyl groups excluding tert-OH is 1. The number of ether oxygens (including phenoxy) is 1. The van der Waals surface area contributed by atoms with Crippen LogP contribution in [0.15, 0.2) is 23.0 Å². The van der Waals surface area contributed by atoms with Crippen LogP contribution >= 0.6 is 0 Å². The molecule has 2 aliphatic heterocycles. The van der Waals surface area contributed by atoms with Gasteiger partial charge in [0.05, 0.1) is 23.2 Å². The van der Waals surface area contributed by atoms with Gasteiger partial charge < -0.3 is 20.5 Å². The Kier molecular flexibility index (Phi) is 6.26. The lowest BCUT2D eigenvalue weighted by Gasteiger charge is -2.26. The number of rotatable bonds is 6. The van der Waals surface area contributed by atoms with Gasteiger partial charge in [-0.05, 0) is 70.2 Å². The lowest BCUT2D eigenvalue weighted by atomic mass is 10.0. The zero-order valence-electron chi connectivity index (χ0n) is 17.8. The second-order valence-corrected chi connectivity index (χ2v) is 8.55. The summed E-state index contributed by atoms with van der Waals surface area (Å²) in [5.41, 5.74) is 2.52. The van der Waals surface area contributed by atoms with Crippen molar-refractivity contribution in [2.24, 2.45) is 7.05 Å². The van der Waals surface area contributed by atoms with Gasteiger partial charge in [-0.1, -0.05) is 12.1 Å². The number of aryl methyl sites for hydroxylation is 2. The van der Waals surface area contributed by atoms with E-state index >= 15 is 0 Å². The maximum absolute atomic E-state index is 13.0. The van der Waals surface area contributed by atoms with Gasteiger partial charge in [0, 0.05) is 7.05 Å². The Balaban J connectivity index is 1.55. The molecule has 2 saturated heterocycles. The lowest BCUT2D eigenvalue weighted by molar-refractivity contribution is -0.130. The third kappa shape index (κ3) is 4.17. The molecule has 8 nitrogen and oxygen atoms in total. The third-order valence-electron chi connectivity index (χ3n) is 6.35. The Morgan fingerprint density at radius 3 is 2.70 bits per heavy atom. The van der Waals surface area contributed by atoms with E-state index < -0.39 is 12.3 Å². The van der Waals surface area contributed by atoms with E-state index in [1.54, 1.807) is 16.2 Å². The molecule has 164 valence electrons. The SMILES string of the molecule is C[C@H](CCc1cccc2c1n(C)c(=O)n2C1CCC(O)NC1=O)OC1CCNCC1. The van der Waals surface area contributed by atoms with Crippen molar-refractivity contribution in [1.29, 1.82) is 0 Å². The average molecular weight is 417 g/mol. The molecule has 0 bridgehead atoms. The summed E-state index contributed by atoms with van der Waals surface area (Å²) >= 11 is 0. The summed E-state index contributed by atoms with van der Waals surface area (Å²) in [6, 6.07) is 5.30. The van der Waals surface area contributed by atoms with Crippen molar-refractivity contribution in [2.75, 3.05) is 13.1 Å². The molecule has 1 aromatic heterocycles. The number of piperidine rings is 2. The van der Waals surface area contributed by atoms with Crippen LogP contribution in [0, 0.1) is 0 Å².